The molecule has 0 aliphatic heterocycles. The van der Waals surface area contributed by atoms with Gasteiger partial charge in [-0.2, -0.15) is 0 Å². The van der Waals surface area contributed by atoms with Gasteiger partial charge < -0.3 is 20.6 Å². The summed E-state index contributed by atoms with van der Waals surface area (Å²) in [6, 6.07) is 10.1. The highest BCUT2D eigenvalue weighted by Crippen LogP contribution is 2.33. The molecule has 1 amide bonds. The van der Waals surface area contributed by atoms with Gasteiger partial charge in [-0.25, -0.2) is 4.39 Å². The van der Waals surface area contributed by atoms with Crippen molar-refractivity contribution in [2.24, 2.45) is 0 Å². The van der Waals surface area contributed by atoms with E-state index in [2.05, 4.69) is 10.6 Å². The van der Waals surface area contributed by atoms with Crippen LogP contribution in [0.3, 0.4) is 0 Å². The number of carbonyl (C=O) groups excluding carboxylic acids is 1. The summed E-state index contributed by atoms with van der Waals surface area (Å²) in [6.45, 7) is 1.89. The van der Waals surface area contributed by atoms with E-state index < -0.39 is 16.8 Å². The summed E-state index contributed by atoms with van der Waals surface area (Å²) >= 11 is 0. The number of nitrogens with zero attached hydrogens (tertiary/aromatic N) is 1. The van der Waals surface area contributed by atoms with Gasteiger partial charge in [0.2, 0.25) is 0 Å². The Kier molecular flexibility index (Phi) is 5.86. The van der Waals surface area contributed by atoms with Crippen molar-refractivity contribution in [3.8, 4) is 5.75 Å². The molecule has 0 spiro atoms. The number of carbonyl (C=O) groups is 1. The van der Waals surface area contributed by atoms with Crippen LogP contribution in [0.5, 0.6) is 5.75 Å². The van der Waals surface area contributed by atoms with Crippen LogP contribution in [0.1, 0.15) is 35.3 Å². The van der Waals surface area contributed by atoms with Gasteiger partial charge in [0.25, 0.3) is 16.8 Å². The van der Waals surface area contributed by atoms with Gasteiger partial charge in [0.15, 0.2) is 5.75 Å². The molecule has 0 heterocycles. The highest BCUT2D eigenvalue weighted by atomic mass is 19.1. The van der Waals surface area contributed by atoms with Crippen molar-refractivity contribution in [3.05, 3.63) is 79.9 Å². The first-order chi connectivity index (χ1) is 14.2. The first-order valence-electron chi connectivity index (χ1n) is 9.40. The van der Waals surface area contributed by atoms with Crippen molar-refractivity contribution in [2.75, 3.05) is 24.7 Å². The quantitative estimate of drug-likeness (QED) is 0.408. The Morgan fingerprint density at radius 2 is 1.70 bits per heavy atom. The second-order valence-electron chi connectivity index (χ2n) is 7.09. The van der Waals surface area contributed by atoms with Crippen LogP contribution >= 0.6 is 0 Å². The summed E-state index contributed by atoms with van der Waals surface area (Å²) < 4.78 is 13.2. The Balaban J connectivity index is 1.90. The molecule has 1 atom stereocenters. The number of hydrogen-bond acceptors (Lipinski definition) is 6. The van der Waals surface area contributed by atoms with Crippen LogP contribution in [0.2, 0.25) is 0 Å². The first-order valence-corrected chi connectivity index (χ1v) is 9.40. The van der Waals surface area contributed by atoms with Crippen molar-refractivity contribution in [2.45, 2.75) is 19.4 Å². The summed E-state index contributed by atoms with van der Waals surface area (Å²) in [5.74, 6) is -1.09. The Morgan fingerprint density at radius 3 is 2.30 bits per heavy atom. The zero-order valence-corrected chi connectivity index (χ0v) is 16.8. The third kappa shape index (κ3) is 3.89. The number of nitrogens with one attached hydrogen (secondary N) is 2. The normalized spacial score (nSPS) is 11.9. The molecule has 8 heteroatoms. The van der Waals surface area contributed by atoms with Crippen LogP contribution < -0.4 is 21.5 Å². The standard InChI is InChI=1S/C22H22FN3O4/c1-4-15(12-8-10-13(23)11-9-12)24-17-18(21(29)20(17)28)25-16-7-5-6-14(19(16)27)22(30)26(2)3/h5-11,15,24-25,27H,4H2,1-3H3/t15-/m1/s1. The Morgan fingerprint density at radius 1 is 1.07 bits per heavy atom. The van der Waals surface area contributed by atoms with Crippen LogP contribution in [-0.4, -0.2) is 30.0 Å². The van der Waals surface area contributed by atoms with E-state index in [1.165, 1.54) is 29.2 Å². The van der Waals surface area contributed by atoms with E-state index in [4.69, 9.17) is 0 Å². The van der Waals surface area contributed by atoms with E-state index in [-0.39, 0.29) is 40.2 Å². The molecular weight excluding hydrogens is 389 g/mol. The average Bonchev–Trinajstić information content (AvgIpc) is 2.74. The third-order valence-corrected chi connectivity index (χ3v) is 4.84. The zero-order chi connectivity index (χ0) is 22.0. The summed E-state index contributed by atoms with van der Waals surface area (Å²) in [5, 5.41) is 16.3. The number of rotatable bonds is 7. The zero-order valence-electron chi connectivity index (χ0n) is 16.8. The fourth-order valence-electron chi connectivity index (χ4n) is 3.13. The molecule has 0 aliphatic rings. The molecule has 156 valence electrons. The molecule has 0 unspecified atom stereocenters. The number of phenolic OH excluding ortho intramolecular Hbond substituents is 1. The van der Waals surface area contributed by atoms with Crippen molar-refractivity contribution in [1.29, 1.82) is 0 Å². The molecule has 0 saturated heterocycles. The molecule has 3 rings (SSSR count). The largest absolute Gasteiger partial charge is 0.505 e. The van der Waals surface area contributed by atoms with Gasteiger partial charge in [0.1, 0.15) is 17.2 Å². The molecule has 3 N–H and O–H groups in total. The molecular formula is C22H22FN3O4. The Hall–Kier alpha value is -3.68. The SMILES string of the molecule is CC[C@@H](Nc1c(Nc2cccc(C(=O)N(C)C)c2O)c(=O)c1=O)c1ccc(F)cc1. The molecule has 0 aromatic heterocycles. The minimum absolute atomic E-state index is 0.00492. The maximum Gasteiger partial charge on any atom is 0.257 e. The summed E-state index contributed by atoms with van der Waals surface area (Å²) in [5.41, 5.74) is -0.360. The number of anilines is 3. The second kappa shape index (κ2) is 8.36. The molecule has 0 bridgehead atoms. The number of phenols is 1. The number of halogens is 1. The monoisotopic (exact) mass is 411 g/mol. The van der Waals surface area contributed by atoms with E-state index in [1.807, 2.05) is 6.92 Å². The fourth-order valence-corrected chi connectivity index (χ4v) is 3.13. The molecule has 0 radical (unpaired) electrons. The second-order valence-corrected chi connectivity index (χ2v) is 7.09. The lowest BCUT2D eigenvalue weighted by Crippen LogP contribution is -2.37. The number of hydrogen-bond donors (Lipinski definition) is 3. The number of para-hydroxylation sites is 1. The summed E-state index contributed by atoms with van der Waals surface area (Å²) in [7, 11) is 3.11. The minimum atomic E-state index is -0.727. The molecule has 0 fully saturated rings. The molecule has 7 nitrogen and oxygen atoms in total. The lowest BCUT2D eigenvalue weighted by molar-refractivity contribution is 0.0824. The van der Waals surface area contributed by atoms with Crippen molar-refractivity contribution >= 4 is 23.0 Å². The van der Waals surface area contributed by atoms with Crippen LogP contribution in [-0.2, 0) is 0 Å². The Labute approximate surface area is 172 Å². The van der Waals surface area contributed by atoms with Gasteiger partial charge >= 0.3 is 0 Å². The molecule has 3 aromatic rings. The fraction of sp³-hybridized carbons (Fsp3) is 0.227. The molecule has 0 aliphatic carbocycles. The van der Waals surface area contributed by atoms with E-state index in [0.717, 1.165) is 5.56 Å². The molecule has 0 saturated carbocycles. The van der Waals surface area contributed by atoms with Gasteiger partial charge in [-0.15, -0.1) is 0 Å². The summed E-state index contributed by atoms with van der Waals surface area (Å²) in [6.07, 6.45) is 0.585. The summed E-state index contributed by atoms with van der Waals surface area (Å²) in [4.78, 5) is 37.8. The van der Waals surface area contributed by atoms with E-state index in [1.54, 1.807) is 32.3 Å². The number of amides is 1. The van der Waals surface area contributed by atoms with Crippen molar-refractivity contribution in [1.82, 2.24) is 4.90 Å². The lowest BCUT2D eigenvalue weighted by atomic mass is 10.0. The maximum absolute atomic E-state index is 13.2. The van der Waals surface area contributed by atoms with Crippen LogP contribution in [0, 0.1) is 5.82 Å². The van der Waals surface area contributed by atoms with Crippen LogP contribution in [0.4, 0.5) is 21.5 Å². The minimum Gasteiger partial charge on any atom is -0.505 e. The smallest absolute Gasteiger partial charge is 0.257 e. The van der Waals surface area contributed by atoms with Gasteiger partial charge in [-0.3, -0.25) is 14.4 Å². The van der Waals surface area contributed by atoms with Crippen molar-refractivity contribution < 1.29 is 14.3 Å². The third-order valence-electron chi connectivity index (χ3n) is 4.84. The Bertz CT molecular complexity index is 1150. The van der Waals surface area contributed by atoms with E-state index in [9.17, 15) is 23.9 Å². The molecule has 3 aromatic carbocycles. The maximum atomic E-state index is 13.2. The molecule has 30 heavy (non-hydrogen) atoms. The number of benzene rings is 2. The van der Waals surface area contributed by atoms with Gasteiger partial charge in [0, 0.05) is 14.1 Å². The van der Waals surface area contributed by atoms with E-state index >= 15 is 0 Å². The first kappa shape index (κ1) is 21.0. The van der Waals surface area contributed by atoms with Gasteiger partial charge in [-0.05, 0) is 36.2 Å². The predicted octanol–water partition coefficient (Wildman–Crippen LogP) is 3.14. The van der Waals surface area contributed by atoms with Crippen molar-refractivity contribution in [3.63, 3.8) is 0 Å². The van der Waals surface area contributed by atoms with Gasteiger partial charge in [0.05, 0.1) is 17.3 Å². The van der Waals surface area contributed by atoms with Crippen LogP contribution in [0.15, 0.2) is 52.1 Å². The highest BCUT2D eigenvalue weighted by molar-refractivity contribution is 5.99. The lowest BCUT2D eigenvalue weighted by Gasteiger charge is -2.22. The van der Waals surface area contributed by atoms with E-state index in [0.29, 0.717) is 6.42 Å². The van der Waals surface area contributed by atoms with Crippen LogP contribution in [0.25, 0.3) is 0 Å². The van der Waals surface area contributed by atoms with Gasteiger partial charge in [-0.1, -0.05) is 25.1 Å². The topological polar surface area (TPSA) is 98.7 Å². The average molecular weight is 411 g/mol. The number of aromatic hydroxyl groups is 1. The predicted molar refractivity (Wildman–Crippen MR) is 114 cm³/mol. The highest BCUT2D eigenvalue weighted by Gasteiger charge is 2.25.